The zero-order chi connectivity index (χ0) is 14.5. The van der Waals surface area contributed by atoms with Gasteiger partial charge in [-0.05, 0) is 38.8 Å². The minimum atomic E-state index is -0.311. The van der Waals surface area contributed by atoms with Gasteiger partial charge in [0.25, 0.3) is 0 Å². The van der Waals surface area contributed by atoms with Crippen LogP contribution in [0.1, 0.15) is 35.9 Å². The van der Waals surface area contributed by atoms with Gasteiger partial charge >= 0.3 is 0 Å². The van der Waals surface area contributed by atoms with Gasteiger partial charge in [-0.2, -0.15) is 0 Å². The first-order valence-electron chi connectivity index (χ1n) is 7.35. The lowest BCUT2D eigenvalue weighted by molar-refractivity contribution is -0.156. The van der Waals surface area contributed by atoms with E-state index < -0.39 is 0 Å². The Morgan fingerprint density at radius 3 is 2.85 bits per heavy atom. The number of hydrogen-bond donors (Lipinski definition) is 1. The number of aliphatic hydroxyl groups excluding tert-OH is 1. The minimum absolute atomic E-state index is 0.218. The summed E-state index contributed by atoms with van der Waals surface area (Å²) in [5.41, 5.74) is 0. The van der Waals surface area contributed by atoms with Gasteiger partial charge in [-0.25, -0.2) is 5.01 Å². The Labute approximate surface area is 125 Å². The molecule has 2 heterocycles. The summed E-state index contributed by atoms with van der Waals surface area (Å²) >= 11 is 1.80. The Balaban J connectivity index is 1.91. The van der Waals surface area contributed by atoms with Crippen LogP contribution in [0, 0.1) is 6.92 Å². The summed E-state index contributed by atoms with van der Waals surface area (Å²) in [5.74, 6) is 0.218. The molecule has 1 aromatic heterocycles. The largest absolute Gasteiger partial charge is 0.393 e. The molecule has 1 fully saturated rings. The molecule has 0 radical (unpaired) electrons. The maximum Gasteiger partial charge on any atom is 0.236 e. The van der Waals surface area contributed by atoms with Crippen LogP contribution in [0.25, 0.3) is 0 Å². The van der Waals surface area contributed by atoms with Crippen LogP contribution in [-0.4, -0.2) is 46.8 Å². The summed E-state index contributed by atoms with van der Waals surface area (Å²) in [4.78, 5) is 14.7. The van der Waals surface area contributed by atoms with Crippen molar-refractivity contribution in [1.29, 1.82) is 0 Å². The third-order valence-electron chi connectivity index (χ3n) is 3.61. The number of aryl methyl sites for hydroxylation is 1. The van der Waals surface area contributed by atoms with Crippen LogP contribution in [0.2, 0.25) is 0 Å². The van der Waals surface area contributed by atoms with Crippen LogP contribution in [0.4, 0.5) is 0 Å². The number of amides is 1. The number of thiophene rings is 1. The molecule has 1 aromatic rings. The number of rotatable bonds is 6. The maximum absolute atomic E-state index is 12.1. The molecule has 1 saturated heterocycles. The predicted molar refractivity (Wildman–Crippen MR) is 81.6 cm³/mol. The van der Waals surface area contributed by atoms with Crippen LogP contribution in [-0.2, 0) is 11.2 Å². The van der Waals surface area contributed by atoms with Gasteiger partial charge in [-0.1, -0.05) is 0 Å². The summed E-state index contributed by atoms with van der Waals surface area (Å²) in [6, 6.07) is 4.28. The van der Waals surface area contributed by atoms with E-state index in [1.165, 1.54) is 9.75 Å². The molecule has 5 heteroatoms. The standard InChI is InChI=1S/C15H24N2O2S/c1-12(18)7-10-16-9-3-4-15(19)17(16)11-8-14-6-5-13(2)20-14/h5-6,12,18H,3-4,7-11H2,1-2H3. The molecule has 0 spiro atoms. The Morgan fingerprint density at radius 1 is 1.40 bits per heavy atom. The monoisotopic (exact) mass is 296 g/mol. The van der Waals surface area contributed by atoms with E-state index in [4.69, 9.17) is 0 Å². The number of hydrazine groups is 1. The molecule has 0 saturated carbocycles. The molecule has 0 aromatic carbocycles. The van der Waals surface area contributed by atoms with E-state index in [1.54, 1.807) is 18.3 Å². The molecule has 4 nitrogen and oxygen atoms in total. The highest BCUT2D eigenvalue weighted by atomic mass is 32.1. The van der Waals surface area contributed by atoms with Crippen molar-refractivity contribution in [2.75, 3.05) is 19.6 Å². The minimum Gasteiger partial charge on any atom is -0.393 e. The molecule has 20 heavy (non-hydrogen) atoms. The van der Waals surface area contributed by atoms with E-state index in [0.717, 1.165) is 32.5 Å². The lowest BCUT2D eigenvalue weighted by Crippen LogP contribution is -2.51. The highest BCUT2D eigenvalue weighted by molar-refractivity contribution is 7.11. The van der Waals surface area contributed by atoms with Crippen molar-refractivity contribution < 1.29 is 9.90 Å². The van der Waals surface area contributed by atoms with Crippen LogP contribution in [0.3, 0.4) is 0 Å². The Bertz CT molecular complexity index is 445. The van der Waals surface area contributed by atoms with Crippen molar-refractivity contribution in [3.63, 3.8) is 0 Å². The Kier molecular flexibility index (Phi) is 5.57. The van der Waals surface area contributed by atoms with Crippen molar-refractivity contribution in [1.82, 2.24) is 10.0 Å². The fourth-order valence-electron chi connectivity index (χ4n) is 2.49. The number of hydrogen-bond acceptors (Lipinski definition) is 4. The molecule has 2 rings (SSSR count). The van der Waals surface area contributed by atoms with E-state index in [9.17, 15) is 9.90 Å². The average molecular weight is 296 g/mol. The molecular weight excluding hydrogens is 272 g/mol. The molecule has 1 atom stereocenters. The van der Waals surface area contributed by atoms with E-state index in [-0.39, 0.29) is 12.0 Å². The van der Waals surface area contributed by atoms with Crippen LogP contribution < -0.4 is 0 Å². The second-order valence-electron chi connectivity index (χ2n) is 5.47. The summed E-state index contributed by atoms with van der Waals surface area (Å²) < 4.78 is 0. The van der Waals surface area contributed by atoms with Gasteiger partial charge in [-0.15, -0.1) is 11.3 Å². The van der Waals surface area contributed by atoms with Gasteiger partial charge in [0, 0.05) is 42.2 Å². The first-order chi connectivity index (χ1) is 9.56. The van der Waals surface area contributed by atoms with Crippen LogP contribution in [0.15, 0.2) is 12.1 Å². The zero-order valence-corrected chi connectivity index (χ0v) is 13.2. The topological polar surface area (TPSA) is 43.8 Å². The third kappa shape index (κ3) is 4.30. The fourth-order valence-corrected chi connectivity index (χ4v) is 3.37. The number of carbonyl (C=O) groups is 1. The van der Waals surface area contributed by atoms with Crippen molar-refractivity contribution in [2.24, 2.45) is 0 Å². The van der Waals surface area contributed by atoms with E-state index >= 15 is 0 Å². The van der Waals surface area contributed by atoms with Gasteiger partial charge < -0.3 is 5.11 Å². The molecule has 1 aliphatic rings. The molecule has 112 valence electrons. The first kappa shape index (κ1) is 15.5. The van der Waals surface area contributed by atoms with Gasteiger partial charge in [0.05, 0.1) is 6.10 Å². The average Bonchev–Trinajstić information content (AvgIpc) is 2.81. The van der Waals surface area contributed by atoms with Crippen molar-refractivity contribution in [3.05, 3.63) is 21.9 Å². The SMILES string of the molecule is Cc1ccc(CCN2C(=O)CCCN2CCC(C)O)s1. The molecule has 1 amide bonds. The zero-order valence-electron chi connectivity index (χ0n) is 12.3. The molecule has 1 unspecified atom stereocenters. The highest BCUT2D eigenvalue weighted by Crippen LogP contribution is 2.18. The maximum atomic E-state index is 12.1. The van der Waals surface area contributed by atoms with Gasteiger partial charge in [0.15, 0.2) is 0 Å². The normalized spacial score (nSPS) is 18.6. The number of nitrogens with zero attached hydrogens (tertiary/aromatic N) is 2. The smallest absolute Gasteiger partial charge is 0.236 e. The van der Waals surface area contributed by atoms with Gasteiger partial charge in [0.2, 0.25) is 5.91 Å². The predicted octanol–water partition coefficient (Wildman–Crippen LogP) is 2.21. The molecule has 0 aliphatic carbocycles. The summed E-state index contributed by atoms with van der Waals surface area (Å²) in [5, 5.41) is 13.4. The van der Waals surface area contributed by atoms with Crippen LogP contribution in [0.5, 0.6) is 0 Å². The van der Waals surface area contributed by atoms with Gasteiger partial charge in [0.1, 0.15) is 0 Å². The summed E-state index contributed by atoms with van der Waals surface area (Å²) in [6.45, 7) is 6.33. The number of aliphatic hydroxyl groups is 1. The van der Waals surface area contributed by atoms with Crippen LogP contribution >= 0.6 is 11.3 Å². The molecule has 0 bridgehead atoms. The first-order valence-corrected chi connectivity index (χ1v) is 8.16. The number of carbonyl (C=O) groups excluding carboxylic acids is 1. The van der Waals surface area contributed by atoms with E-state index in [2.05, 4.69) is 24.1 Å². The summed E-state index contributed by atoms with van der Waals surface area (Å²) in [7, 11) is 0. The van der Waals surface area contributed by atoms with Crippen molar-refractivity contribution >= 4 is 17.2 Å². The van der Waals surface area contributed by atoms with Crippen molar-refractivity contribution in [3.8, 4) is 0 Å². The Hall–Kier alpha value is -0.910. The molecular formula is C15H24N2O2S. The third-order valence-corrected chi connectivity index (χ3v) is 4.67. The second-order valence-corrected chi connectivity index (χ2v) is 6.85. The van der Waals surface area contributed by atoms with E-state index in [1.807, 2.05) is 5.01 Å². The molecule has 1 aliphatic heterocycles. The van der Waals surface area contributed by atoms with Gasteiger partial charge in [-0.3, -0.25) is 9.80 Å². The highest BCUT2D eigenvalue weighted by Gasteiger charge is 2.25. The fraction of sp³-hybridized carbons (Fsp3) is 0.667. The summed E-state index contributed by atoms with van der Waals surface area (Å²) in [6.07, 6.45) is 2.88. The molecule has 1 N–H and O–H groups in total. The lowest BCUT2D eigenvalue weighted by Gasteiger charge is -2.38. The van der Waals surface area contributed by atoms with E-state index in [0.29, 0.717) is 12.8 Å². The van der Waals surface area contributed by atoms with Crippen molar-refractivity contribution in [2.45, 2.75) is 45.6 Å². The second kappa shape index (κ2) is 7.20. The lowest BCUT2D eigenvalue weighted by atomic mass is 10.2. The quantitative estimate of drug-likeness (QED) is 0.875. The Morgan fingerprint density at radius 2 is 2.20 bits per heavy atom.